The molecule has 0 radical (unpaired) electrons. The predicted octanol–water partition coefficient (Wildman–Crippen LogP) is 5.96. The van der Waals surface area contributed by atoms with Gasteiger partial charge in [0, 0.05) is 35.1 Å². The van der Waals surface area contributed by atoms with Crippen molar-refractivity contribution in [3.05, 3.63) is 81.7 Å². The van der Waals surface area contributed by atoms with Gasteiger partial charge in [0.1, 0.15) is 5.52 Å². The Balaban J connectivity index is 1.54. The number of carbonyl (C=O) groups excluding carboxylic acids is 1. The van der Waals surface area contributed by atoms with E-state index in [1.165, 1.54) is 21.3 Å². The highest BCUT2D eigenvalue weighted by atomic mass is 35.5. The van der Waals surface area contributed by atoms with Gasteiger partial charge in [0.2, 0.25) is 11.7 Å². The largest absolute Gasteiger partial charge is 0.493 e. The minimum Gasteiger partial charge on any atom is -0.493 e. The first-order valence-electron chi connectivity index (χ1n) is 13.0. The van der Waals surface area contributed by atoms with E-state index in [2.05, 4.69) is 5.32 Å². The molecule has 2 heterocycles. The maximum Gasteiger partial charge on any atom is 0.266 e. The van der Waals surface area contributed by atoms with Gasteiger partial charge in [-0.2, -0.15) is 5.10 Å². The molecule has 0 unspecified atom stereocenters. The second kappa shape index (κ2) is 10.8. The van der Waals surface area contributed by atoms with Gasteiger partial charge in [-0.25, -0.2) is 0 Å². The van der Waals surface area contributed by atoms with Crippen molar-refractivity contribution >= 4 is 45.0 Å². The molecule has 5 aromatic rings. The van der Waals surface area contributed by atoms with Crippen molar-refractivity contribution in [1.82, 2.24) is 14.3 Å². The quantitative estimate of drug-likeness (QED) is 0.258. The minimum atomic E-state index is -0.324. The van der Waals surface area contributed by atoms with E-state index in [0.717, 1.165) is 5.56 Å². The van der Waals surface area contributed by atoms with Crippen LogP contribution in [0.25, 0.3) is 27.5 Å². The van der Waals surface area contributed by atoms with Crippen molar-refractivity contribution in [2.45, 2.75) is 32.7 Å². The number of fused-ring (bicyclic) bond motifs is 3. The molecule has 3 aromatic carbocycles. The van der Waals surface area contributed by atoms with Crippen molar-refractivity contribution in [3.63, 3.8) is 0 Å². The van der Waals surface area contributed by atoms with Crippen LogP contribution in [0.2, 0.25) is 5.02 Å². The number of benzene rings is 3. The van der Waals surface area contributed by atoms with Crippen LogP contribution in [0.5, 0.6) is 17.2 Å². The SMILES string of the molecule is COc1cc(NC(=O)Cc2cccc(-n3c(=O)c4cn(C(C)(C)C)nc4c4c(Cl)cccc43)c2)cc(OC)c1OC. The number of halogens is 1. The number of carbonyl (C=O) groups is 1. The van der Waals surface area contributed by atoms with E-state index < -0.39 is 0 Å². The molecule has 0 aliphatic carbocycles. The lowest BCUT2D eigenvalue weighted by atomic mass is 10.1. The summed E-state index contributed by atoms with van der Waals surface area (Å²) in [7, 11) is 4.54. The van der Waals surface area contributed by atoms with Crippen LogP contribution >= 0.6 is 11.6 Å². The van der Waals surface area contributed by atoms with Crippen LogP contribution in [0.15, 0.2) is 65.6 Å². The number of rotatable bonds is 7. The van der Waals surface area contributed by atoms with Gasteiger partial charge < -0.3 is 19.5 Å². The van der Waals surface area contributed by atoms with E-state index in [-0.39, 0.29) is 23.4 Å². The summed E-state index contributed by atoms with van der Waals surface area (Å²) in [4.78, 5) is 27.0. The van der Waals surface area contributed by atoms with E-state index in [1.807, 2.05) is 57.2 Å². The second-order valence-electron chi connectivity index (χ2n) is 10.6. The first kappa shape index (κ1) is 28.0. The molecule has 0 saturated carbocycles. The molecule has 212 valence electrons. The summed E-state index contributed by atoms with van der Waals surface area (Å²) in [6.45, 7) is 6.06. The Labute approximate surface area is 242 Å². The number of amides is 1. The van der Waals surface area contributed by atoms with Crippen LogP contribution < -0.4 is 25.1 Å². The van der Waals surface area contributed by atoms with Gasteiger partial charge in [0.05, 0.1) is 49.2 Å². The van der Waals surface area contributed by atoms with Crippen molar-refractivity contribution in [1.29, 1.82) is 0 Å². The molecule has 0 atom stereocenters. The summed E-state index contributed by atoms with van der Waals surface area (Å²) < 4.78 is 19.5. The smallest absolute Gasteiger partial charge is 0.266 e. The van der Waals surface area contributed by atoms with E-state index in [4.69, 9.17) is 30.9 Å². The Kier molecular flexibility index (Phi) is 7.40. The highest BCUT2D eigenvalue weighted by Crippen LogP contribution is 2.40. The third-order valence-electron chi connectivity index (χ3n) is 6.79. The zero-order valence-electron chi connectivity index (χ0n) is 23.7. The molecule has 2 aromatic heterocycles. The number of aromatic nitrogens is 3. The molecule has 0 fully saturated rings. The third-order valence-corrected chi connectivity index (χ3v) is 7.10. The van der Waals surface area contributed by atoms with Crippen LogP contribution in [0.4, 0.5) is 5.69 Å². The molecule has 0 aliphatic heterocycles. The van der Waals surface area contributed by atoms with E-state index in [1.54, 1.807) is 33.6 Å². The topological polar surface area (TPSA) is 96.6 Å². The molecule has 0 spiro atoms. The number of nitrogens with zero attached hydrogens (tertiary/aromatic N) is 3. The number of pyridine rings is 1. The van der Waals surface area contributed by atoms with Crippen molar-refractivity contribution < 1.29 is 19.0 Å². The van der Waals surface area contributed by atoms with E-state index in [9.17, 15) is 9.59 Å². The Morgan fingerprint density at radius 2 is 1.66 bits per heavy atom. The normalized spacial score (nSPS) is 11.6. The summed E-state index contributed by atoms with van der Waals surface area (Å²) in [5.74, 6) is 1.04. The molecular weight excluding hydrogens is 544 g/mol. The van der Waals surface area contributed by atoms with Gasteiger partial charge in [-0.05, 0) is 50.6 Å². The average Bonchev–Trinajstić information content (AvgIpc) is 3.39. The lowest BCUT2D eigenvalue weighted by Gasteiger charge is -2.18. The van der Waals surface area contributed by atoms with Gasteiger partial charge in [0.15, 0.2) is 11.5 Å². The highest BCUT2D eigenvalue weighted by Gasteiger charge is 2.22. The lowest BCUT2D eigenvalue weighted by Crippen LogP contribution is -2.22. The minimum absolute atomic E-state index is 0.0716. The highest BCUT2D eigenvalue weighted by molar-refractivity contribution is 6.37. The zero-order valence-corrected chi connectivity index (χ0v) is 24.5. The average molecular weight is 575 g/mol. The molecule has 0 saturated heterocycles. The Morgan fingerprint density at radius 1 is 0.976 bits per heavy atom. The summed E-state index contributed by atoms with van der Waals surface area (Å²) in [5.41, 5.74) is 2.49. The Morgan fingerprint density at radius 3 is 2.29 bits per heavy atom. The Bertz CT molecular complexity index is 1830. The first-order chi connectivity index (χ1) is 19.5. The number of nitrogens with one attached hydrogen (secondary N) is 1. The van der Waals surface area contributed by atoms with Crippen molar-refractivity contribution in [2.24, 2.45) is 0 Å². The lowest BCUT2D eigenvalue weighted by molar-refractivity contribution is -0.115. The molecule has 10 heteroatoms. The number of methoxy groups -OCH3 is 3. The predicted molar refractivity (Wildman–Crippen MR) is 161 cm³/mol. The molecule has 9 nitrogen and oxygen atoms in total. The molecule has 41 heavy (non-hydrogen) atoms. The summed E-state index contributed by atoms with van der Waals surface area (Å²) >= 11 is 6.67. The van der Waals surface area contributed by atoms with Crippen LogP contribution in [-0.2, 0) is 16.8 Å². The van der Waals surface area contributed by atoms with Gasteiger partial charge in [-0.3, -0.25) is 18.8 Å². The van der Waals surface area contributed by atoms with Gasteiger partial charge in [-0.1, -0.05) is 29.8 Å². The Hall–Kier alpha value is -4.50. The maximum atomic E-state index is 13.9. The molecule has 1 N–H and O–H groups in total. The maximum absolute atomic E-state index is 13.9. The fourth-order valence-electron chi connectivity index (χ4n) is 4.83. The molecule has 0 aliphatic rings. The number of anilines is 1. The zero-order chi connectivity index (χ0) is 29.5. The standard InChI is InChI=1S/C31H31ClN4O5/c1-31(2,3)35-17-21-28(34-35)27-22(32)11-8-12-23(27)36(30(21)38)20-10-7-9-18(13-20)14-26(37)33-19-15-24(39-4)29(41-6)25(16-19)40-5/h7-13,15-17H,14H2,1-6H3,(H,33,37). The number of ether oxygens (including phenoxy) is 3. The molecule has 0 bridgehead atoms. The number of hydrogen-bond donors (Lipinski definition) is 1. The fourth-order valence-corrected chi connectivity index (χ4v) is 5.09. The first-order valence-corrected chi connectivity index (χ1v) is 13.4. The van der Waals surface area contributed by atoms with Crippen LogP contribution in [0.1, 0.15) is 26.3 Å². The van der Waals surface area contributed by atoms with Crippen LogP contribution in [-0.4, -0.2) is 41.6 Å². The van der Waals surface area contributed by atoms with Crippen LogP contribution in [0, 0.1) is 0 Å². The molecule has 1 amide bonds. The summed E-state index contributed by atoms with van der Waals surface area (Å²) in [6.07, 6.45) is 1.84. The van der Waals surface area contributed by atoms with Crippen molar-refractivity contribution in [3.8, 4) is 22.9 Å². The van der Waals surface area contributed by atoms with Crippen LogP contribution in [0.3, 0.4) is 0 Å². The number of hydrogen-bond acceptors (Lipinski definition) is 6. The second-order valence-corrected chi connectivity index (χ2v) is 11.0. The summed E-state index contributed by atoms with van der Waals surface area (Å²) in [6, 6.07) is 16.1. The monoisotopic (exact) mass is 574 g/mol. The van der Waals surface area contributed by atoms with E-state index in [0.29, 0.717) is 55.5 Å². The van der Waals surface area contributed by atoms with Crippen molar-refractivity contribution in [2.75, 3.05) is 26.6 Å². The van der Waals surface area contributed by atoms with E-state index >= 15 is 0 Å². The summed E-state index contributed by atoms with van der Waals surface area (Å²) in [5, 5.41) is 9.29. The molecular formula is C31H31ClN4O5. The third kappa shape index (κ3) is 5.20. The molecule has 5 rings (SSSR count). The fraction of sp³-hybridized carbons (Fsp3) is 0.258. The van der Waals surface area contributed by atoms with Gasteiger partial charge >= 0.3 is 0 Å². The van der Waals surface area contributed by atoms with Gasteiger partial charge in [0.25, 0.3) is 5.56 Å². The van der Waals surface area contributed by atoms with Gasteiger partial charge in [-0.15, -0.1) is 0 Å².